The predicted octanol–water partition coefficient (Wildman–Crippen LogP) is 4.12. The second-order valence-electron chi connectivity index (χ2n) is 6.77. The third-order valence-electron chi connectivity index (χ3n) is 4.79. The standard InChI is InChI=1S/C20H33N3O.HI/c1-4-21-20(22-16-17(2)19-8-6-5-7-9-19)23(3)13-10-18-11-14-24-15-12-18;/h5-9,17-18H,4,10-16H2,1-3H3,(H,21,22);1H. The van der Waals surface area contributed by atoms with Gasteiger partial charge in [0.25, 0.3) is 0 Å². The van der Waals surface area contributed by atoms with Crippen LogP contribution in [0.3, 0.4) is 0 Å². The minimum Gasteiger partial charge on any atom is -0.381 e. The summed E-state index contributed by atoms with van der Waals surface area (Å²) in [6.07, 6.45) is 3.62. The predicted molar refractivity (Wildman–Crippen MR) is 117 cm³/mol. The zero-order valence-electron chi connectivity index (χ0n) is 15.9. The number of guanidine groups is 1. The Kier molecular flexibility index (Phi) is 11.1. The number of nitrogens with zero attached hydrogens (tertiary/aromatic N) is 2. The Bertz CT molecular complexity index is 489. The van der Waals surface area contributed by atoms with E-state index in [1.807, 2.05) is 0 Å². The fourth-order valence-electron chi connectivity index (χ4n) is 3.10. The SMILES string of the molecule is CCNC(=NCC(C)c1ccccc1)N(C)CCC1CCOCC1.I. The molecule has 5 heteroatoms. The number of halogens is 1. The van der Waals surface area contributed by atoms with E-state index in [4.69, 9.17) is 9.73 Å². The first kappa shape index (κ1) is 22.2. The molecule has 0 aromatic heterocycles. The molecule has 0 saturated carbocycles. The zero-order chi connectivity index (χ0) is 17.2. The number of aliphatic imine (C=N–C) groups is 1. The van der Waals surface area contributed by atoms with Crippen LogP contribution < -0.4 is 5.32 Å². The molecule has 1 aromatic rings. The molecule has 1 unspecified atom stereocenters. The summed E-state index contributed by atoms with van der Waals surface area (Å²) in [5.74, 6) is 2.25. The van der Waals surface area contributed by atoms with Crippen LogP contribution in [0.4, 0.5) is 0 Å². The van der Waals surface area contributed by atoms with Gasteiger partial charge in [0.1, 0.15) is 0 Å². The van der Waals surface area contributed by atoms with E-state index in [1.165, 1.54) is 24.8 Å². The van der Waals surface area contributed by atoms with Gasteiger partial charge in [-0.15, -0.1) is 24.0 Å². The van der Waals surface area contributed by atoms with E-state index in [9.17, 15) is 0 Å². The first-order chi connectivity index (χ1) is 11.7. The van der Waals surface area contributed by atoms with E-state index in [-0.39, 0.29) is 24.0 Å². The maximum Gasteiger partial charge on any atom is 0.193 e. The number of nitrogens with one attached hydrogen (secondary N) is 1. The molecule has 0 radical (unpaired) electrons. The fourth-order valence-corrected chi connectivity index (χ4v) is 3.10. The number of benzene rings is 1. The molecule has 1 N–H and O–H groups in total. The highest BCUT2D eigenvalue weighted by atomic mass is 127. The molecule has 1 aliphatic heterocycles. The van der Waals surface area contributed by atoms with Crippen LogP contribution in [-0.2, 0) is 4.74 Å². The van der Waals surface area contributed by atoms with Gasteiger partial charge < -0.3 is 15.0 Å². The second kappa shape index (κ2) is 12.5. The Hall–Kier alpha value is -0.820. The summed E-state index contributed by atoms with van der Waals surface area (Å²) < 4.78 is 5.45. The topological polar surface area (TPSA) is 36.9 Å². The number of hydrogen-bond donors (Lipinski definition) is 1. The van der Waals surface area contributed by atoms with Crippen molar-refractivity contribution < 1.29 is 4.74 Å². The second-order valence-corrected chi connectivity index (χ2v) is 6.77. The fraction of sp³-hybridized carbons (Fsp3) is 0.650. The van der Waals surface area contributed by atoms with Crippen molar-refractivity contribution in [2.24, 2.45) is 10.9 Å². The summed E-state index contributed by atoms with van der Waals surface area (Å²) in [6, 6.07) is 10.6. The minimum absolute atomic E-state index is 0. The number of ether oxygens (including phenoxy) is 1. The van der Waals surface area contributed by atoms with Gasteiger partial charge in [-0.2, -0.15) is 0 Å². The van der Waals surface area contributed by atoms with Gasteiger partial charge in [-0.25, -0.2) is 0 Å². The highest BCUT2D eigenvalue weighted by molar-refractivity contribution is 14.0. The third-order valence-corrected chi connectivity index (χ3v) is 4.79. The first-order valence-electron chi connectivity index (χ1n) is 9.32. The van der Waals surface area contributed by atoms with Gasteiger partial charge in [-0.3, -0.25) is 4.99 Å². The van der Waals surface area contributed by atoms with Crippen molar-refractivity contribution in [2.75, 3.05) is 39.9 Å². The molecule has 1 saturated heterocycles. The quantitative estimate of drug-likeness (QED) is 0.379. The van der Waals surface area contributed by atoms with E-state index in [0.717, 1.165) is 44.7 Å². The molecule has 1 aromatic carbocycles. The molecular weight excluding hydrogens is 425 g/mol. The molecule has 1 aliphatic rings. The van der Waals surface area contributed by atoms with Crippen LogP contribution >= 0.6 is 24.0 Å². The van der Waals surface area contributed by atoms with E-state index in [1.54, 1.807) is 0 Å². The molecule has 1 heterocycles. The molecule has 0 bridgehead atoms. The van der Waals surface area contributed by atoms with Gasteiger partial charge in [0.05, 0.1) is 0 Å². The summed E-state index contributed by atoms with van der Waals surface area (Å²) in [5.41, 5.74) is 1.35. The van der Waals surface area contributed by atoms with Crippen LogP contribution in [0, 0.1) is 5.92 Å². The van der Waals surface area contributed by atoms with E-state index < -0.39 is 0 Å². The van der Waals surface area contributed by atoms with Crippen molar-refractivity contribution in [3.05, 3.63) is 35.9 Å². The van der Waals surface area contributed by atoms with Crippen LogP contribution in [0.5, 0.6) is 0 Å². The zero-order valence-corrected chi connectivity index (χ0v) is 18.2. The molecule has 1 atom stereocenters. The van der Waals surface area contributed by atoms with Gasteiger partial charge in [-0.1, -0.05) is 37.3 Å². The molecular formula is C20H34IN3O. The number of rotatable bonds is 7. The maximum absolute atomic E-state index is 5.45. The van der Waals surface area contributed by atoms with Gasteiger partial charge in [0.15, 0.2) is 5.96 Å². The van der Waals surface area contributed by atoms with Crippen molar-refractivity contribution in [2.45, 2.75) is 39.0 Å². The Morgan fingerprint density at radius 3 is 2.60 bits per heavy atom. The molecule has 0 amide bonds. The summed E-state index contributed by atoms with van der Waals surface area (Å²) in [5, 5.41) is 3.43. The normalized spacial score (nSPS) is 16.8. The average molecular weight is 459 g/mol. The Morgan fingerprint density at radius 2 is 1.96 bits per heavy atom. The van der Waals surface area contributed by atoms with E-state index >= 15 is 0 Å². The Morgan fingerprint density at radius 1 is 1.28 bits per heavy atom. The highest BCUT2D eigenvalue weighted by Crippen LogP contribution is 2.19. The monoisotopic (exact) mass is 459 g/mol. The van der Waals surface area contributed by atoms with Crippen LogP contribution in [0.25, 0.3) is 0 Å². The van der Waals surface area contributed by atoms with E-state index in [0.29, 0.717) is 5.92 Å². The first-order valence-corrected chi connectivity index (χ1v) is 9.32. The van der Waals surface area contributed by atoms with Crippen LogP contribution in [0.2, 0.25) is 0 Å². The molecule has 142 valence electrons. The largest absolute Gasteiger partial charge is 0.381 e. The average Bonchev–Trinajstić information content (AvgIpc) is 2.64. The minimum atomic E-state index is 0. The lowest BCUT2D eigenvalue weighted by Crippen LogP contribution is -2.40. The molecule has 1 fully saturated rings. The molecule has 4 nitrogen and oxygen atoms in total. The molecule has 2 rings (SSSR count). The summed E-state index contributed by atoms with van der Waals surface area (Å²) in [4.78, 5) is 7.13. The lowest BCUT2D eigenvalue weighted by molar-refractivity contribution is 0.0625. The highest BCUT2D eigenvalue weighted by Gasteiger charge is 2.15. The van der Waals surface area contributed by atoms with Gasteiger partial charge >= 0.3 is 0 Å². The van der Waals surface area contributed by atoms with Crippen molar-refractivity contribution >= 4 is 29.9 Å². The molecule has 0 aliphatic carbocycles. The lowest BCUT2D eigenvalue weighted by atomic mass is 9.96. The van der Waals surface area contributed by atoms with Crippen LogP contribution in [-0.4, -0.2) is 50.8 Å². The van der Waals surface area contributed by atoms with Crippen LogP contribution in [0.15, 0.2) is 35.3 Å². The van der Waals surface area contributed by atoms with Gasteiger partial charge in [0, 0.05) is 45.8 Å². The summed E-state index contributed by atoms with van der Waals surface area (Å²) in [6.45, 7) is 8.99. The van der Waals surface area contributed by atoms with Crippen molar-refractivity contribution in [1.29, 1.82) is 0 Å². The third kappa shape index (κ3) is 7.94. The smallest absolute Gasteiger partial charge is 0.193 e. The van der Waals surface area contributed by atoms with Crippen molar-refractivity contribution in [3.8, 4) is 0 Å². The van der Waals surface area contributed by atoms with Gasteiger partial charge in [-0.05, 0) is 37.7 Å². The van der Waals surface area contributed by atoms with Crippen molar-refractivity contribution in [1.82, 2.24) is 10.2 Å². The van der Waals surface area contributed by atoms with Gasteiger partial charge in [0.2, 0.25) is 0 Å². The lowest BCUT2D eigenvalue weighted by Gasteiger charge is -2.27. The van der Waals surface area contributed by atoms with Crippen LogP contribution in [0.1, 0.15) is 44.6 Å². The Labute approximate surface area is 170 Å². The van der Waals surface area contributed by atoms with E-state index in [2.05, 4.69) is 61.4 Å². The number of hydrogen-bond acceptors (Lipinski definition) is 2. The maximum atomic E-state index is 5.45. The molecule has 0 spiro atoms. The summed E-state index contributed by atoms with van der Waals surface area (Å²) >= 11 is 0. The Balaban J connectivity index is 0.00000312. The van der Waals surface area contributed by atoms with Crippen molar-refractivity contribution in [3.63, 3.8) is 0 Å². The molecule has 25 heavy (non-hydrogen) atoms. The summed E-state index contributed by atoms with van der Waals surface area (Å²) in [7, 11) is 2.15.